The van der Waals surface area contributed by atoms with Gasteiger partial charge >= 0.3 is 0 Å². The molecule has 0 aliphatic heterocycles. The molecule has 0 radical (unpaired) electrons. The minimum Gasteiger partial charge on any atom is -0.503 e. The van der Waals surface area contributed by atoms with Crippen LogP contribution in [0.15, 0.2) is 23.6 Å². The highest BCUT2D eigenvalue weighted by Gasteiger charge is 2.10. The van der Waals surface area contributed by atoms with Crippen molar-refractivity contribution in [1.29, 1.82) is 0 Å². The first-order chi connectivity index (χ1) is 7.58. The highest BCUT2D eigenvalue weighted by atomic mass is 32.1. The smallest absolute Gasteiger partial charge is 0.188 e. The standard InChI is InChI=1S/C9H7F2N3OS/c10-6-1-5(2-7(11)8(6)15)3-14-4-12-13-9(14)16/h1-2,4,15H,3H2,(H,13,16). The van der Waals surface area contributed by atoms with Gasteiger partial charge in [0.05, 0.1) is 6.54 Å². The van der Waals surface area contributed by atoms with Crippen molar-refractivity contribution in [3.05, 3.63) is 35.7 Å². The molecule has 2 aromatic rings. The van der Waals surface area contributed by atoms with Crippen molar-refractivity contribution in [2.75, 3.05) is 0 Å². The van der Waals surface area contributed by atoms with E-state index in [0.717, 1.165) is 12.1 Å². The molecule has 0 saturated carbocycles. The van der Waals surface area contributed by atoms with Gasteiger partial charge in [-0.3, -0.25) is 0 Å². The van der Waals surface area contributed by atoms with Crippen molar-refractivity contribution in [1.82, 2.24) is 14.8 Å². The first-order valence-corrected chi connectivity index (χ1v) is 4.76. The third kappa shape index (κ3) is 1.99. The minimum absolute atomic E-state index is 0.181. The first-order valence-electron chi connectivity index (χ1n) is 4.31. The lowest BCUT2D eigenvalue weighted by atomic mass is 10.2. The number of halogens is 2. The van der Waals surface area contributed by atoms with Crippen molar-refractivity contribution in [3.8, 4) is 5.75 Å². The molecule has 0 saturated heterocycles. The van der Waals surface area contributed by atoms with Crippen LogP contribution >= 0.6 is 12.6 Å². The molecule has 16 heavy (non-hydrogen) atoms. The van der Waals surface area contributed by atoms with Gasteiger partial charge < -0.3 is 9.67 Å². The lowest BCUT2D eigenvalue weighted by Crippen LogP contribution is -2.00. The molecule has 0 aliphatic rings. The van der Waals surface area contributed by atoms with Crippen LogP contribution in [0.4, 0.5) is 8.78 Å². The summed E-state index contributed by atoms with van der Waals surface area (Å²) in [6.07, 6.45) is 1.39. The summed E-state index contributed by atoms with van der Waals surface area (Å²) < 4.78 is 27.5. The van der Waals surface area contributed by atoms with E-state index in [1.807, 2.05) is 0 Å². The first kappa shape index (κ1) is 10.9. The molecule has 84 valence electrons. The fourth-order valence-corrected chi connectivity index (χ4v) is 1.44. The highest BCUT2D eigenvalue weighted by Crippen LogP contribution is 2.22. The Hall–Kier alpha value is -1.63. The summed E-state index contributed by atoms with van der Waals surface area (Å²) in [5.74, 6) is -2.97. The molecule has 0 amide bonds. The number of nitrogens with zero attached hydrogens (tertiary/aromatic N) is 3. The molecule has 0 aliphatic carbocycles. The van der Waals surface area contributed by atoms with Gasteiger partial charge in [-0.15, -0.1) is 22.8 Å². The molecule has 1 aromatic carbocycles. The Morgan fingerprint density at radius 1 is 1.31 bits per heavy atom. The Labute approximate surface area is 95.0 Å². The molecule has 0 fully saturated rings. The largest absolute Gasteiger partial charge is 0.503 e. The van der Waals surface area contributed by atoms with E-state index in [-0.39, 0.29) is 6.54 Å². The molecular weight excluding hydrogens is 236 g/mol. The molecule has 0 atom stereocenters. The van der Waals surface area contributed by atoms with Crippen LogP contribution in [0.3, 0.4) is 0 Å². The molecule has 1 heterocycles. The summed E-state index contributed by atoms with van der Waals surface area (Å²) in [4.78, 5) is 0. The summed E-state index contributed by atoms with van der Waals surface area (Å²) in [6.45, 7) is 0.181. The number of aromatic hydroxyl groups is 1. The average molecular weight is 243 g/mol. The van der Waals surface area contributed by atoms with Gasteiger partial charge in [-0.1, -0.05) is 0 Å². The molecule has 7 heteroatoms. The zero-order chi connectivity index (χ0) is 11.7. The van der Waals surface area contributed by atoms with Gasteiger partial charge in [0.15, 0.2) is 22.5 Å². The molecule has 0 bridgehead atoms. The molecule has 0 spiro atoms. The van der Waals surface area contributed by atoms with Gasteiger partial charge in [0, 0.05) is 0 Å². The van der Waals surface area contributed by atoms with Crippen molar-refractivity contribution in [2.45, 2.75) is 11.7 Å². The van der Waals surface area contributed by atoms with E-state index >= 15 is 0 Å². The molecular formula is C9H7F2N3OS. The van der Waals surface area contributed by atoms with E-state index in [0.29, 0.717) is 10.7 Å². The monoisotopic (exact) mass is 243 g/mol. The normalized spacial score (nSPS) is 10.7. The van der Waals surface area contributed by atoms with Crippen molar-refractivity contribution in [3.63, 3.8) is 0 Å². The van der Waals surface area contributed by atoms with Gasteiger partial charge in [-0.05, 0) is 17.7 Å². The Bertz CT molecular complexity index is 506. The second-order valence-electron chi connectivity index (χ2n) is 3.17. The van der Waals surface area contributed by atoms with Crippen LogP contribution in [0.2, 0.25) is 0 Å². The number of hydrogen-bond acceptors (Lipinski definition) is 4. The van der Waals surface area contributed by atoms with Crippen LogP contribution in [-0.4, -0.2) is 19.9 Å². The van der Waals surface area contributed by atoms with E-state index in [1.54, 1.807) is 0 Å². The van der Waals surface area contributed by atoms with Gasteiger partial charge in [0.2, 0.25) is 0 Å². The molecule has 1 aromatic heterocycles. The third-order valence-electron chi connectivity index (χ3n) is 2.02. The minimum atomic E-state index is -0.996. The number of thiol groups is 1. The predicted octanol–water partition coefficient (Wildman–Crippen LogP) is 1.60. The molecule has 2 rings (SSSR count). The quantitative estimate of drug-likeness (QED) is 0.788. The van der Waals surface area contributed by atoms with Crippen LogP contribution < -0.4 is 0 Å². The van der Waals surface area contributed by atoms with Crippen LogP contribution in [-0.2, 0) is 6.54 Å². The Kier molecular flexibility index (Phi) is 2.78. The highest BCUT2D eigenvalue weighted by molar-refractivity contribution is 7.80. The van der Waals surface area contributed by atoms with Crippen LogP contribution in [0.1, 0.15) is 5.56 Å². The second kappa shape index (κ2) is 4.09. The third-order valence-corrected chi connectivity index (χ3v) is 2.37. The Morgan fingerprint density at radius 2 is 1.94 bits per heavy atom. The van der Waals surface area contributed by atoms with Crippen molar-refractivity contribution < 1.29 is 13.9 Å². The summed E-state index contributed by atoms with van der Waals surface area (Å²) in [5.41, 5.74) is 0.350. The molecule has 0 unspecified atom stereocenters. The van der Waals surface area contributed by atoms with Crippen molar-refractivity contribution >= 4 is 12.6 Å². The number of hydrogen-bond donors (Lipinski definition) is 2. The number of aromatic nitrogens is 3. The van der Waals surface area contributed by atoms with Gasteiger partial charge in [0.25, 0.3) is 0 Å². The number of benzene rings is 1. The van der Waals surface area contributed by atoms with E-state index in [9.17, 15) is 8.78 Å². The van der Waals surface area contributed by atoms with E-state index in [1.165, 1.54) is 10.9 Å². The summed E-state index contributed by atoms with van der Waals surface area (Å²) >= 11 is 4.00. The molecule has 1 N–H and O–H groups in total. The maximum atomic E-state index is 13.0. The second-order valence-corrected chi connectivity index (χ2v) is 3.57. The maximum absolute atomic E-state index is 13.0. The zero-order valence-corrected chi connectivity index (χ0v) is 8.83. The average Bonchev–Trinajstić information content (AvgIpc) is 2.61. The van der Waals surface area contributed by atoms with Gasteiger partial charge in [-0.2, -0.15) is 0 Å². The summed E-state index contributed by atoms with van der Waals surface area (Å²) in [6, 6.07) is 2.09. The summed E-state index contributed by atoms with van der Waals surface area (Å²) in [7, 11) is 0. The lowest BCUT2D eigenvalue weighted by Gasteiger charge is -2.05. The van der Waals surface area contributed by atoms with Crippen LogP contribution in [0.5, 0.6) is 5.75 Å². The van der Waals surface area contributed by atoms with Gasteiger partial charge in [0.1, 0.15) is 6.33 Å². The van der Waals surface area contributed by atoms with E-state index < -0.39 is 17.4 Å². The maximum Gasteiger partial charge on any atom is 0.188 e. The van der Waals surface area contributed by atoms with Crippen LogP contribution in [0.25, 0.3) is 0 Å². The van der Waals surface area contributed by atoms with Crippen LogP contribution in [0, 0.1) is 11.6 Å². The Morgan fingerprint density at radius 3 is 2.44 bits per heavy atom. The number of rotatable bonds is 2. The summed E-state index contributed by atoms with van der Waals surface area (Å²) in [5, 5.41) is 16.5. The fourth-order valence-electron chi connectivity index (χ4n) is 1.27. The SMILES string of the molecule is Oc1c(F)cc(Cn2cnnc2S)cc1F. The van der Waals surface area contributed by atoms with E-state index in [4.69, 9.17) is 5.11 Å². The van der Waals surface area contributed by atoms with E-state index in [2.05, 4.69) is 22.8 Å². The molecule has 4 nitrogen and oxygen atoms in total. The topological polar surface area (TPSA) is 50.9 Å². The number of phenolic OH excluding ortho intramolecular Hbond substituents is 1. The zero-order valence-electron chi connectivity index (χ0n) is 7.93. The fraction of sp³-hybridized carbons (Fsp3) is 0.111. The lowest BCUT2D eigenvalue weighted by molar-refractivity contribution is 0.395. The Balaban J connectivity index is 2.33. The number of phenols is 1. The van der Waals surface area contributed by atoms with Gasteiger partial charge in [-0.25, -0.2) is 8.78 Å². The van der Waals surface area contributed by atoms with Crippen molar-refractivity contribution in [2.24, 2.45) is 0 Å². The predicted molar refractivity (Wildman–Crippen MR) is 54.4 cm³/mol.